The van der Waals surface area contributed by atoms with Gasteiger partial charge >= 0.3 is 0 Å². The Hall–Kier alpha value is -1.62. The summed E-state index contributed by atoms with van der Waals surface area (Å²) in [4.78, 5) is 11.5. The summed E-state index contributed by atoms with van der Waals surface area (Å²) in [6.45, 7) is 2.03. The van der Waals surface area contributed by atoms with Gasteiger partial charge in [0.2, 0.25) is 5.91 Å². The van der Waals surface area contributed by atoms with E-state index in [0.717, 1.165) is 18.7 Å². The van der Waals surface area contributed by atoms with Crippen molar-refractivity contribution in [2.75, 3.05) is 26.7 Å². The highest BCUT2D eigenvalue weighted by molar-refractivity contribution is 5.79. The van der Waals surface area contributed by atoms with Crippen molar-refractivity contribution in [2.45, 2.75) is 6.42 Å². The molecule has 1 heterocycles. The average molecular weight is 252 g/mol. The lowest BCUT2D eigenvalue weighted by Gasteiger charge is -2.25. The molecule has 1 saturated heterocycles. The summed E-state index contributed by atoms with van der Waals surface area (Å²) in [6.07, 6.45) is 0.618. The number of hydrogen-bond donors (Lipinski definition) is 2. The summed E-state index contributed by atoms with van der Waals surface area (Å²) >= 11 is 0. The Kier molecular flexibility index (Phi) is 4.15. The molecule has 0 aliphatic carbocycles. The maximum Gasteiger partial charge on any atom is 0.225 e. The zero-order chi connectivity index (χ0) is 13.0. The third kappa shape index (κ3) is 2.98. The second-order valence-electron chi connectivity index (χ2n) is 4.37. The molecule has 4 nitrogen and oxygen atoms in total. The van der Waals surface area contributed by atoms with Gasteiger partial charge < -0.3 is 15.4 Å². The summed E-state index contributed by atoms with van der Waals surface area (Å²) < 4.78 is 18.3. The Morgan fingerprint density at radius 3 is 2.89 bits per heavy atom. The van der Waals surface area contributed by atoms with Crippen LogP contribution in [0, 0.1) is 11.7 Å². The van der Waals surface area contributed by atoms with E-state index in [9.17, 15) is 9.18 Å². The van der Waals surface area contributed by atoms with Gasteiger partial charge in [0.1, 0.15) is 0 Å². The zero-order valence-corrected chi connectivity index (χ0v) is 10.3. The molecule has 1 aliphatic heterocycles. The van der Waals surface area contributed by atoms with Crippen molar-refractivity contribution in [3.63, 3.8) is 0 Å². The van der Waals surface area contributed by atoms with E-state index >= 15 is 0 Å². The molecule has 0 spiro atoms. The Bertz CT molecular complexity index is 433. The van der Waals surface area contributed by atoms with E-state index < -0.39 is 0 Å². The fourth-order valence-electron chi connectivity index (χ4n) is 1.81. The number of carbonyl (C=O) groups is 1. The molecule has 2 N–H and O–H groups in total. The number of rotatable bonds is 5. The normalized spacial score (nSPS) is 15.0. The lowest BCUT2D eigenvalue weighted by atomic mass is 10.0. The highest BCUT2D eigenvalue weighted by Gasteiger charge is 2.24. The highest BCUT2D eigenvalue weighted by Crippen LogP contribution is 2.17. The van der Waals surface area contributed by atoms with Gasteiger partial charge in [0.25, 0.3) is 0 Å². The molecule has 0 aromatic heterocycles. The summed E-state index contributed by atoms with van der Waals surface area (Å²) in [5.41, 5.74) is 0.848. The van der Waals surface area contributed by atoms with Gasteiger partial charge in [0.15, 0.2) is 11.6 Å². The van der Waals surface area contributed by atoms with E-state index in [2.05, 4.69) is 10.6 Å². The second-order valence-corrected chi connectivity index (χ2v) is 4.37. The Morgan fingerprint density at radius 2 is 2.33 bits per heavy atom. The monoisotopic (exact) mass is 252 g/mol. The summed E-state index contributed by atoms with van der Waals surface area (Å²) in [7, 11) is 1.44. The Morgan fingerprint density at radius 1 is 1.56 bits per heavy atom. The highest BCUT2D eigenvalue weighted by atomic mass is 19.1. The maximum atomic E-state index is 13.4. The number of ether oxygens (including phenoxy) is 1. The van der Waals surface area contributed by atoms with E-state index in [1.807, 2.05) is 0 Å². The molecule has 1 aromatic carbocycles. The van der Waals surface area contributed by atoms with Crippen molar-refractivity contribution in [1.82, 2.24) is 10.6 Å². The van der Waals surface area contributed by atoms with E-state index in [0.29, 0.717) is 13.0 Å². The van der Waals surface area contributed by atoms with Gasteiger partial charge in [-0.1, -0.05) is 6.07 Å². The summed E-state index contributed by atoms with van der Waals surface area (Å²) in [5, 5.41) is 5.89. The molecule has 98 valence electrons. The number of methoxy groups -OCH3 is 1. The van der Waals surface area contributed by atoms with Crippen LogP contribution in [0.5, 0.6) is 5.75 Å². The number of nitrogens with one attached hydrogen (secondary N) is 2. The third-order valence-corrected chi connectivity index (χ3v) is 3.08. The first-order chi connectivity index (χ1) is 8.70. The number of amides is 1. The van der Waals surface area contributed by atoms with Crippen molar-refractivity contribution >= 4 is 5.91 Å². The van der Waals surface area contributed by atoms with Crippen LogP contribution in [0.25, 0.3) is 0 Å². The molecular formula is C13H17FN2O2. The van der Waals surface area contributed by atoms with Crippen LogP contribution in [0.15, 0.2) is 18.2 Å². The summed E-state index contributed by atoms with van der Waals surface area (Å²) in [5.74, 6) is 0.0354. The van der Waals surface area contributed by atoms with E-state index in [4.69, 9.17) is 4.74 Å². The van der Waals surface area contributed by atoms with Crippen LogP contribution in [-0.2, 0) is 11.2 Å². The molecule has 2 rings (SSSR count). The average Bonchev–Trinajstić information content (AvgIpc) is 2.27. The van der Waals surface area contributed by atoms with Crippen LogP contribution >= 0.6 is 0 Å². The van der Waals surface area contributed by atoms with Crippen molar-refractivity contribution in [2.24, 2.45) is 5.92 Å². The molecule has 0 saturated carbocycles. The lowest BCUT2D eigenvalue weighted by Crippen LogP contribution is -2.51. The zero-order valence-electron chi connectivity index (χ0n) is 10.3. The number of halogens is 1. The van der Waals surface area contributed by atoms with Crippen molar-refractivity contribution < 1.29 is 13.9 Å². The van der Waals surface area contributed by atoms with Gasteiger partial charge in [-0.3, -0.25) is 4.79 Å². The predicted molar refractivity (Wildman–Crippen MR) is 66.0 cm³/mol. The van der Waals surface area contributed by atoms with Gasteiger partial charge in [0, 0.05) is 19.6 Å². The SMILES string of the molecule is COc1ccc(CCNC(=O)C2CNC2)cc1F. The number of benzene rings is 1. The van der Waals surface area contributed by atoms with E-state index in [1.54, 1.807) is 12.1 Å². The van der Waals surface area contributed by atoms with Crippen molar-refractivity contribution in [1.29, 1.82) is 0 Å². The van der Waals surface area contributed by atoms with Crippen LogP contribution in [0.4, 0.5) is 4.39 Å². The molecular weight excluding hydrogens is 235 g/mol. The first kappa shape index (κ1) is 12.8. The van der Waals surface area contributed by atoms with E-state index in [-0.39, 0.29) is 23.4 Å². The van der Waals surface area contributed by atoms with Gasteiger partial charge in [-0.15, -0.1) is 0 Å². The molecule has 18 heavy (non-hydrogen) atoms. The van der Waals surface area contributed by atoms with E-state index in [1.165, 1.54) is 13.2 Å². The number of hydrogen-bond acceptors (Lipinski definition) is 3. The van der Waals surface area contributed by atoms with Crippen molar-refractivity contribution in [3.8, 4) is 5.75 Å². The molecule has 1 aliphatic rings. The van der Waals surface area contributed by atoms with Crippen LogP contribution in [0.3, 0.4) is 0 Å². The van der Waals surface area contributed by atoms with Crippen LogP contribution in [0.2, 0.25) is 0 Å². The van der Waals surface area contributed by atoms with Gasteiger partial charge in [-0.25, -0.2) is 4.39 Å². The quantitative estimate of drug-likeness (QED) is 0.811. The largest absolute Gasteiger partial charge is 0.494 e. The molecule has 1 amide bonds. The standard InChI is InChI=1S/C13H17FN2O2/c1-18-12-3-2-9(6-11(12)14)4-5-16-13(17)10-7-15-8-10/h2-3,6,10,15H,4-5,7-8H2,1H3,(H,16,17). The second kappa shape index (κ2) is 5.82. The Balaban J connectivity index is 1.79. The first-order valence-corrected chi connectivity index (χ1v) is 6.01. The molecule has 0 radical (unpaired) electrons. The van der Waals surface area contributed by atoms with Crippen molar-refractivity contribution in [3.05, 3.63) is 29.6 Å². The van der Waals surface area contributed by atoms with Gasteiger partial charge in [-0.05, 0) is 24.1 Å². The molecule has 0 unspecified atom stereocenters. The summed E-state index contributed by atoms with van der Waals surface area (Å²) in [6, 6.07) is 4.84. The molecule has 5 heteroatoms. The fraction of sp³-hybridized carbons (Fsp3) is 0.462. The first-order valence-electron chi connectivity index (χ1n) is 6.01. The lowest BCUT2D eigenvalue weighted by molar-refractivity contribution is -0.126. The fourth-order valence-corrected chi connectivity index (χ4v) is 1.81. The van der Waals surface area contributed by atoms with Gasteiger partial charge in [0.05, 0.1) is 13.0 Å². The third-order valence-electron chi connectivity index (χ3n) is 3.08. The van der Waals surface area contributed by atoms with Gasteiger partial charge in [-0.2, -0.15) is 0 Å². The molecule has 0 atom stereocenters. The van der Waals surface area contributed by atoms with Crippen LogP contribution in [0.1, 0.15) is 5.56 Å². The predicted octanol–water partition coefficient (Wildman–Crippen LogP) is 0.712. The molecule has 1 aromatic rings. The maximum absolute atomic E-state index is 13.4. The van der Waals surface area contributed by atoms with Crippen LogP contribution in [-0.4, -0.2) is 32.7 Å². The minimum Gasteiger partial charge on any atom is -0.494 e. The minimum atomic E-state index is -0.371. The minimum absolute atomic E-state index is 0.0720. The smallest absolute Gasteiger partial charge is 0.225 e. The van der Waals surface area contributed by atoms with Crippen LogP contribution < -0.4 is 15.4 Å². The number of carbonyl (C=O) groups excluding carboxylic acids is 1. The Labute approximate surface area is 106 Å². The molecule has 0 bridgehead atoms. The topological polar surface area (TPSA) is 50.4 Å². The molecule has 1 fully saturated rings.